The van der Waals surface area contributed by atoms with Crippen LogP contribution in [-0.4, -0.2) is 54.1 Å². The van der Waals surface area contributed by atoms with Crippen molar-refractivity contribution in [3.63, 3.8) is 0 Å². The van der Waals surface area contributed by atoms with Crippen molar-refractivity contribution in [3.8, 4) is 0 Å². The topological polar surface area (TPSA) is 115 Å². The Labute approximate surface area is 199 Å². The molecular formula is C24H28N4O5S. The summed E-state index contributed by atoms with van der Waals surface area (Å²) in [5, 5.41) is 10.4. The number of carbonyl (C=O) groups excluding carboxylic acids is 1. The summed E-state index contributed by atoms with van der Waals surface area (Å²) in [6.07, 6.45) is 1.06. The second kappa shape index (κ2) is 10.0. The summed E-state index contributed by atoms with van der Waals surface area (Å²) in [7, 11) is -3.68. The molecule has 4 rings (SSSR count). The summed E-state index contributed by atoms with van der Waals surface area (Å²) in [5.41, 5.74) is 2.55. The lowest BCUT2D eigenvalue weighted by Crippen LogP contribution is -2.48. The third-order valence-electron chi connectivity index (χ3n) is 5.61. The number of amides is 1. The summed E-state index contributed by atoms with van der Waals surface area (Å²) >= 11 is 0. The van der Waals surface area contributed by atoms with Crippen LogP contribution in [0.3, 0.4) is 0 Å². The second-order valence-electron chi connectivity index (χ2n) is 8.41. The third kappa shape index (κ3) is 5.52. The van der Waals surface area contributed by atoms with Gasteiger partial charge in [0.1, 0.15) is 0 Å². The van der Waals surface area contributed by atoms with Crippen LogP contribution in [0.2, 0.25) is 0 Å². The Morgan fingerprint density at radius 3 is 2.24 bits per heavy atom. The van der Waals surface area contributed by atoms with Crippen molar-refractivity contribution in [2.24, 2.45) is 0 Å². The molecule has 180 valence electrons. The number of hydrogen-bond donors (Lipinski definition) is 1. The molecule has 9 nitrogen and oxygen atoms in total. The number of nitrogens with one attached hydrogen (secondary N) is 1. The minimum Gasteiger partial charge on any atom is -0.407 e. The Bertz CT molecular complexity index is 1230. The van der Waals surface area contributed by atoms with E-state index in [9.17, 15) is 13.2 Å². The second-order valence-corrected chi connectivity index (χ2v) is 10.3. The Kier molecular flexibility index (Phi) is 7.11. The Morgan fingerprint density at radius 1 is 1.00 bits per heavy atom. The fourth-order valence-corrected chi connectivity index (χ4v) is 5.46. The van der Waals surface area contributed by atoms with Crippen LogP contribution < -0.4 is 5.32 Å². The SMILES string of the molecule is CCc1ccc(Cc2nnc(NC(=O)c3ccc(S(=O)(=O)N4CC(C)OC(C)C4)cc3)o2)cc1. The van der Waals surface area contributed by atoms with Crippen LogP contribution >= 0.6 is 0 Å². The first-order valence-electron chi connectivity index (χ1n) is 11.2. The van der Waals surface area contributed by atoms with Crippen molar-refractivity contribution in [2.75, 3.05) is 18.4 Å². The van der Waals surface area contributed by atoms with Gasteiger partial charge < -0.3 is 9.15 Å². The monoisotopic (exact) mass is 484 g/mol. The Morgan fingerprint density at radius 2 is 1.62 bits per heavy atom. The van der Waals surface area contributed by atoms with Gasteiger partial charge in [-0.1, -0.05) is 36.3 Å². The maximum atomic E-state index is 13.0. The van der Waals surface area contributed by atoms with Crippen LogP contribution in [0, 0.1) is 0 Å². The normalized spacial score (nSPS) is 19.1. The maximum Gasteiger partial charge on any atom is 0.322 e. The standard InChI is InChI=1S/C24H28N4O5S/c1-4-18-5-7-19(8-6-18)13-22-26-27-24(33-22)25-23(29)20-9-11-21(12-10-20)34(30,31)28-14-16(2)32-17(3)15-28/h5-12,16-17H,4,13-15H2,1-3H3,(H,25,27,29). The van der Waals surface area contributed by atoms with Gasteiger partial charge >= 0.3 is 6.01 Å². The average Bonchev–Trinajstić information content (AvgIpc) is 3.25. The molecule has 1 aromatic heterocycles. The van der Waals surface area contributed by atoms with Gasteiger partial charge in [0.05, 0.1) is 23.5 Å². The quantitative estimate of drug-likeness (QED) is 0.547. The van der Waals surface area contributed by atoms with Gasteiger partial charge in [-0.25, -0.2) is 8.42 Å². The van der Waals surface area contributed by atoms with Crippen LogP contribution in [0.15, 0.2) is 57.8 Å². The number of aromatic nitrogens is 2. The number of rotatable bonds is 7. The van der Waals surface area contributed by atoms with E-state index >= 15 is 0 Å². The van der Waals surface area contributed by atoms with E-state index in [4.69, 9.17) is 9.15 Å². The van der Waals surface area contributed by atoms with Gasteiger partial charge in [-0.15, -0.1) is 5.10 Å². The number of sulfonamides is 1. The van der Waals surface area contributed by atoms with E-state index in [0.29, 0.717) is 12.3 Å². The molecule has 0 saturated carbocycles. The molecule has 0 bridgehead atoms. The number of ether oxygens (including phenoxy) is 1. The van der Waals surface area contributed by atoms with Gasteiger partial charge in [-0.3, -0.25) is 10.1 Å². The van der Waals surface area contributed by atoms with E-state index in [0.717, 1.165) is 12.0 Å². The zero-order valence-corrected chi connectivity index (χ0v) is 20.2. The van der Waals surface area contributed by atoms with E-state index in [2.05, 4.69) is 34.6 Å². The third-order valence-corrected chi connectivity index (χ3v) is 7.46. The zero-order chi connectivity index (χ0) is 24.3. The van der Waals surface area contributed by atoms with Crippen molar-refractivity contribution in [2.45, 2.75) is 50.7 Å². The minimum atomic E-state index is -3.68. The molecule has 2 aromatic carbocycles. The lowest BCUT2D eigenvalue weighted by Gasteiger charge is -2.34. The maximum absolute atomic E-state index is 13.0. The number of benzene rings is 2. The van der Waals surface area contributed by atoms with Crippen molar-refractivity contribution in [1.29, 1.82) is 0 Å². The number of morpholine rings is 1. The van der Waals surface area contributed by atoms with Crippen LogP contribution in [0.5, 0.6) is 0 Å². The zero-order valence-electron chi connectivity index (χ0n) is 19.4. The van der Waals surface area contributed by atoms with Gasteiger partial charge in [-0.2, -0.15) is 4.31 Å². The molecule has 10 heteroatoms. The molecule has 1 amide bonds. The molecule has 1 N–H and O–H groups in total. The first kappa shape index (κ1) is 24.1. The molecule has 34 heavy (non-hydrogen) atoms. The van der Waals surface area contributed by atoms with E-state index in [-0.39, 0.29) is 41.8 Å². The molecule has 1 fully saturated rings. The number of carbonyl (C=O) groups is 1. The van der Waals surface area contributed by atoms with Crippen molar-refractivity contribution >= 4 is 21.9 Å². The average molecular weight is 485 g/mol. The van der Waals surface area contributed by atoms with Crippen LogP contribution in [0.25, 0.3) is 0 Å². The lowest BCUT2D eigenvalue weighted by molar-refractivity contribution is -0.0440. The summed E-state index contributed by atoms with van der Waals surface area (Å²) in [6, 6.07) is 13.9. The predicted molar refractivity (Wildman–Crippen MR) is 126 cm³/mol. The Balaban J connectivity index is 1.39. The van der Waals surface area contributed by atoms with Gasteiger partial charge in [-0.05, 0) is 55.7 Å². The summed E-state index contributed by atoms with van der Waals surface area (Å²) in [5.74, 6) is -0.0879. The smallest absolute Gasteiger partial charge is 0.322 e. The fraction of sp³-hybridized carbons (Fsp3) is 0.375. The highest BCUT2D eigenvalue weighted by molar-refractivity contribution is 7.89. The molecule has 1 saturated heterocycles. The minimum absolute atomic E-state index is 0.0156. The highest BCUT2D eigenvalue weighted by Crippen LogP contribution is 2.22. The largest absolute Gasteiger partial charge is 0.407 e. The van der Waals surface area contributed by atoms with Gasteiger partial charge in [0.2, 0.25) is 15.9 Å². The number of nitrogens with zero attached hydrogens (tertiary/aromatic N) is 3. The van der Waals surface area contributed by atoms with Crippen molar-refractivity contribution < 1.29 is 22.4 Å². The summed E-state index contributed by atoms with van der Waals surface area (Å²) in [6.45, 7) is 6.36. The number of hydrogen-bond acceptors (Lipinski definition) is 7. The molecule has 0 radical (unpaired) electrons. The van der Waals surface area contributed by atoms with E-state index in [1.807, 2.05) is 26.0 Å². The summed E-state index contributed by atoms with van der Waals surface area (Å²) in [4.78, 5) is 12.7. The van der Waals surface area contributed by atoms with Crippen LogP contribution in [-0.2, 0) is 27.6 Å². The molecule has 1 aliphatic heterocycles. The van der Waals surface area contributed by atoms with Crippen molar-refractivity contribution in [3.05, 3.63) is 71.1 Å². The molecule has 2 heterocycles. The van der Waals surface area contributed by atoms with Gasteiger partial charge in [0, 0.05) is 18.7 Å². The van der Waals surface area contributed by atoms with E-state index < -0.39 is 15.9 Å². The highest BCUT2D eigenvalue weighted by Gasteiger charge is 2.32. The number of aryl methyl sites for hydroxylation is 1. The molecule has 2 unspecified atom stereocenters. The summed E-state index contributed by atoms with van der Waals surface area (Å²) < 4.78 is 38.5. The predicted octanol–water partition coefficient (Wildman–Crippen LogP) is 3.27. The lowest BCUT2D eigenvalue weighted by atomic mass is 10.1. The first-order chi connectivity index (χ1) is 16.2. The molecule has 0 spiro atoms. The first-order valence-corrected chi connectivity index (χ1v) is 12.7. The van der Waals surface area contributed by atoms with Gasteiger partial charge in [0.15, 0.2) is 0 Å². The van der Waals surface area contributed by atoms with Gasteiger partial charge in [0.25, 0.3) is 5.91 Å². The van der Waals surface area contributed by atoms with E-state index in [1.165, 1.54) is 34.1 Å². The fourth-order valence-electron chi connectivity index (χ4n) is 3.87. The molecule has 3 aromatic rings. The number of anilines is 1. The molecule has 2 atom stereocenters. The Hall–Kier alpha value is -3.08. The van der Waals surface area contributed by atoms with Crippen molar-refractivity contribution in [1.82, 2.24) is 14.5 Å². The molecule has 0 aliphatic carbocycles. The molecule has 1 aliphatic rings. The van der Waals surface area contributed by atoms with Crippen LogP contribution in [0.4, 0.5) is 6.01 Å². The molecular weight excluding hydrogens is 456 g/mol. The van der Waals surface area contributed by atoms with Crippen LogP contribution in [0.1, 0.15) is 48.1 Å². The van der Waals surface area contributed by atoms with E-state index in [1.54, 1.807) is 0 Å². The highest BCUT2D eigenvalue weighted by atomic mass is 32.2.